The molecule has 0 unspecified atom stereocenters. The Morgan fingerprint density at radius 2 is 1.91 bits per heavy atom. The van der Waals surface area contributed by atoms with Crippen molar-refractivity contribution in [3.63, 3.8) is 0 Å². The van der Waals surface area contributed by atoms with E-state index in [1.54, 1.807) is 33.6 Å². The number of hydrogen-bond donors (Lipinski definition) is 2. The molecular formula is C25H21N3O5S. The molecule has 7 rings (SSSR count). The number of hydrogen-bond acceptors (Lipinski definition) is 7. The minimum atomic E-state index is -0.782. The highest BCUT2D eigenvalue weighted by atomic mass is 32.2. The largest absolute Gasteiger partial charge is 0.508 e. The van der Waals surface area contributed by atoms with E-state index < -0.39 is 22.9 Å². The van der Waals surface area contributed by atoms with Crippen molar-refractivity contribution in [3.05, 3.63) is 87.3 Å². The molecule has 1 aliphatic carbocycles. The van der Waals surface area contributed by atoms with E-state index in [1.807, 2.05) is 35.3 Å². The Kier molecular flexibility index (Phi) is 4.00. The zero-order chi connectivity index (χ0) is 23.2. The lowest BCUT2D eigenvalue weighted by atomic mass is 9.92. The van der Waals surface area contributed by atoms with Crippen LogP contribution in [0.15, 0.2) is 64.4 Å². The third kappa shape index (κ3) is 2.43. The number of nitrogens with zero attached hydrogens (tertiary/aromatic N) is 3. The number of carbonyl (C=O) groups is 1. The molecule has 4 heterocycles. The summed E-state index contributed by atoms with van der Waals surface area (Å²) >= 11 is 1.70. The summed E-state index contributed by atoms with van der Waals surface area (Å²) in [4.78, 5) is 28.7. The van der Waals surface area contributed by atoms with Gasteiger partial charge in [-0.05, 0) is 23.3 Å². The van der Waals surface area contributed by atoms with Crippen LogP contribution >= 0.6 is 11.8 Å². The van der Waals surface area contributed by atoms with Crippen LogP contribution in [0.25, 0.3) is 0 Å². The van der Waals surface area contributed by atoms with Crippen LogP contribution in [-0.2, 0) is 10.5 Å². The first-order valence-electron chi connectivity index (χ1n) is 11.2. The number of amides is 1. The number of rotatable bonds is 1. The number of thioether (sulfide) groups is 1. The van der Waals surface area contributed by atoms with Crippen LogP contribution < -0.4 is 10.4 Å². The molecule has 3 aliphatic heterocycles. The minimum Gasteiger partial charge on any atom is -0.508 e. The van der Waals surface area contributed by atoms with Gasteiger partial charge in [-0.3, -0.25) is 19.3 Å². The maximum absolute atomic E-state index is 13.6. The van der Waals surface area contributed by atoms with Gasteiger partial charge in [0.2, 0.25) is 5.43 Å². The van der Waals surface area contributed by atoms with E-state index in [2.05, 4.69) is 6.07 Å². The fourth-order valence-corrected chi connectivity index (χ4v) is 6.90. The lowest BCUT2D eigenvalue weighted by Crippen LogP contribution is -2.68. The van der Waals surface area contributed by atoms with Crippen molar-refractivity contribution in [1.82, 2.24) is 9.58 Å². The topological polar surface area (TPSA) is 95.2 Å². The van der Waals surface area contributed by atoms with Crippen molar-refractivity contribution in [2.75, 3.05) is 18.2 Å². The molecule has 8 nitrogen and oxygen atoms in total. The van der Waals surface area contributed by atoms with E-state index in [9.17, 15) is 19.8 Å². The van der Waals surface area contributed by atoms with Crippen molar-refractivity contribution in [2.24, 2.45) is 0 Å². The van der Waals surface area contributed by atoms with Crippen LogP contribution in [0.5, 0.6) is 11.5 Å². The maximum atomic E-state index is 13.6. The molecule has 2 aromatic carbocycles. The number of fused-ring (bicyclic) bond motifs is 3. The van der Waals surface area contributed by atoms with Gasteiger partial charge in [0.05, 0.1) is 6.61 Å². The Labute approximate surface area is 199 Å². The molecule has 1 spiro atoms. The van der Waals surface area contributed by atoms with E-state index in [0.29, 0.717) is 25.3 Å². The number of ether oxygens (including phenoxy) is 1. The first-order chi connectivity index (χ1) is 16.5. The maximum Gasteiger partial charge on any atom is 0.278 e. The average molecular weight is 476 g/mol. The minimum absolute atomic E-state index is 0.0583. The van der Waals surface area contributed by atoms with Crippen LogP contribution in [0.1, 0.15) is 39.6 Å². The fraction of sp³-hybridized carbons (Fsp3) is 0.280. The van der Waals surface area contributed by atoms with E-state index in [1.165, 1.54) is 6.07 Å². The highest BCUT2D eigenvalue weighted by molar-refractivity contribution is 7.98. The van der Waals surface area contributed by atoms with Crippen LogP contribution in [0.3, 0.4) is 0 Å². The standard InChI is InChI=1S/C25H21N3O5S/c29-16-6-3-4-14-13-34-18-7-2-1-5-15(18)21(20(14)16)28-25-12-19(25)33-11-10-26(25)24(32)22-23(31)17(30)8-9-27(22)28/h1-9,19,21,29,31H,10-13H2/t19-,21-,25-/m1/s1. The Morgan fingerprint density at radius 1 is 1.06 bits per heavy atom. The SMILES string of the molecule is O=C1c2c(O)c(=O)ccn2N([C@@H]2c3ccccc3SCc3cccc(O)c32)[C@]23C[C@H]2OCCN13. The molecule has 1 aromatic heterocycles. The van der Waals surface area contributed by atoms with Crippen molar-refractivity contribution in [1.29, 1.82) is 0 Å². The third-order valence-electron chi connectivity index (χ3n) is 7.36. The molecular weight excluding hydrogens is 454 g/mol. The number of carbonyl (C=O) groups excluding carboxylic acids is 1. The molecule has 2 N–H and O–H groups in total. The van der Waals surface area contributed by atoms with E-state index in [0.717, 1.165) is 21.6 Å². The molecule has 34 heavy (non-hydrogen) atoms. The predicted octanol–water partition coefficient (Wildman–Crippen LogP) is 2.55. The molecule has 9 heteroatoms. The van der Waals surface area contributed by atoms with Crippen molar-refractivity contribution in [2.45, 2.75) is 34.9 Å². The number of phenols is 1. The molecule has 3 aromatic rings. The van der Waals surface area contributed by atoms with Crippen LogP contribution in [0.4, 0.5) is 0 Å². The number of pyridine rings is 1. The zero-order valence-corrected chi connectivity index (χ0v) is 18.9. The van der Waals surface area contributed by atoms with Gasteiger partial charge in [-0.1, -0.05) is 30.3 Å². The molecule has 1 saturated carbocycles. The smallest absolute Gasteiger partial charge is 0.278 e. The summed E-state index contributed by atoms with van der Waals surface area (Å²) in [5.41, 5.74) is 1.29. The lowest BCUT2D eigenvalue weighted by molar-refractivity contribution is -0.0218. The summed E-state index contributed by atoms with van der Waals surface area (Å²) in [7, 11) is 0. The summed E-state index contributed by atoms with van der Waals surface area (Å²) in [5, 5.41) is 23.9. The van der Waals surface area contributed by atoms with Crippen LogP contribution in [-0.4, -0.2) is 50.6 Å². The van der Waals surface area contributed by atoms with Gasteiger partial charge in [-0.2, -0.15) is 0 Å². The number of phenolic OH excluding ortho intramolecular Hbond substituents is 1. The van der Waals surface area contributed by atoms with Crippen LogP contribution in [0.2, 0.25) is 0 Å². The monoisotopic (exact) mass is 475 g/mol. The highest BCUT2D eigenvalue weighted by Crippen LogP contribution is 2.57. The number of morpholine rings is 1. The second kappa shape index (κ2) is 6.80. The van der Waals surface area contributed by atoms with Gasteiger partial charge in [0.25, 0.3) is 5.91 Å². The van der Waals surface area contributed by atoms with Crippen molar-refractivity contribution >= 4 is 17.7 Å². The van der Waals surface area contributed by atoms with Gasteiger partial charge in [0.15, 0.2) is 17.1 Å². The summed E-state index contributed by atoms with van der Waals surface area (Å²) in [5.74, 6) is -0.0978. The Hall–Kier alpha value is -3.43. The highest BCUT2D eigenvalue weighted by Gasteiger charge is 2.71. The summed E-state index contributed by atoms with van der Waals surface area (Å²) in [6.07, 6.45) is 1.93. The van der Waals surface area contributed by atoms with Gasteiger partial charge < -0.3 is 19.8 Å². The normalized spacial score (nSPS) is 26.5. The van der Waals surface area contributed by atoms with Crippen molar-refractivity contribution < 1.29 is 19.7 Å². The number of aromatic nitrogens is 1. The first-order valence-corrected chi connectivity index (χ1v) is 12.2. The lowest BCUT2D eigenvalue weighted by Gasteiger charge is -2.52. The first kappa shape index (κ1) is 20.0. The predicted molar refractivity (Wildman–Crippen MR) is 125 cm³/mol. The zero-order valence-electron chi connectivity index (χ0n) is 18.0. The second-order valence-corrected chi connectivity index (χ2v) is 10.1. The fourth-order valence-electron chi connectivity index (χ4n) is 5.81. The van der Waals surface area contributed by atoms with E-state index >= 15 is 0 Å². The summed E-state index contributed by atoms with van der Waals surface area (Å²) in [6.45, 7) is 0.744. The Bertz CT molecular complexity index is 1440. The molecule has 3 atom stereocenters. The Morgan fingerprint density at radius 3 is 2.79 bits per heavy atom. The number of benzene rings is 2. The van der Waals surface area contributed by atoms with E-state index in [-0.39, 0.29) is 23.5 Å². The molecule has 172 valence electrons. The van der Waals surface area contributed by atoms with Gasteiger partial charge >= 0.3 is 0 Å². The molecule has 0 bridgehead atoms. The van der Waals surface area contributed by atoms with Crippen LogP contribution in [0, 0.1) is 0 Å². The molecule has 0 radical (unpaired) electrons. The summed E-state index contributed by atoms with van der Waals surface area (Å²) < 4.78 is 7.66. The second-order valence-electron chi connectivity index (χ2n) is 9.04. The molecule has 4 aliphatic rings. The van der Waals surface area contributed by atoms with Gasteiger partial charge in [0, 0.05) is 41.4 Å². The molecule has 1 saturated heterocycles. The molecule has 2 fully saturated rings. The number of aromatic hydroxyl groups is 2. The summed E-state index contributed by atoms with van der Waals surface area (Å²) in [6, 6.07) is 14.4. The van der Waals surface area contributed by atoms with E-state index in [4.69, 9.17) is 4.74 Å². The quantitative estimate of drug-likeness (QED) is 0.559. The Balaban J connectivity index is 1.58. The van der Waals surface area contributed by atoms with Gasteiger partial charge in [-0.15, -0.1) is 11.8 Å². The third-order valence-corrected chi connectivity index (χ3v) is 8.50. The average Bonchev–Trinajstić information content (AvgIpc) is 3.60. The molecule has 1 amide bonds. The van der Waals surface area contributed by atoms with Gasteiger partial charge in [0.1, 0.15) is 17.9 Å². The van der Waals surface area contributed by atoms with Crippen molar-refractivity contribution in [3.8, 4) is 11.5 Å². The van der Waals surface area contributed by atoms with Gasteiger partial charge in [-0.25, -0.2) is 0 Å².